The van der Waals surface area contributed by atoms with Gasteiger partial charge in [-0.2, -0.15) is 0 Å². The van der Waals surface area contributed by atoms with Gasteiger partial charge in [-0.3, -0.25) is 4.90 Å². The number of amides is 2. The Morgan fingerprint density at radius 2 is 1.79 bits per heavy atom. The van der Waals surface area contributed by atoms with Gasteiger partial charge in [0.05, 0.1) is 4.58 Å². The van der Waals surface area contributed by atoms with Gasteiger partial charge in [-0.05, 0) is 29.7 Å². The molecule has 2 aromatic rings. The number of carbonyl (C=O) groups is 1. The standard InChI is InChI=1S/C22H27N3OS2/c26-22(23-20-9-4-8-19(16-20)21-27-14-15-28-21)25-11-5-10-24(12-13-25)17-18-6-2-1-3-7-18/h1-4,6-9,16,21H,5,10-15,17H2,(H,23,26). The van der Waals surface area contributed by atoms with Crippen LogP contribution in [-0.4, -0.2) is 53.5 Å². The average molecular weight is 414 g/mol. The van der Waals surface area contributed by atoms with Gasteiger partial charge in [0, 0.05) is 49.9 Å². The lowest BCUT2D eigenvalue weighted by Gasteiger charge is -2.22. The highest BCUT2D eigenvalue weighted by atomic mass is 32.2. The summed E-state index contributed by atoms with van der Waals surface area (Å²) in [6.07, 6.45) is 1.01. The van der Waals surface area contributed by atoms with Crippen molar-refractivity contribution < 1.29 is 4.79 Å². The van der Waals surface area contributed by atoms with E-state index < -0.39 is 0 Å². The van der Waals surface area contributed by atoms with E-state index in [2.05, 4.69) is 58.7 Å². The highest BCUT2D eigenvalue weighted by molar-refractivity contribution is 8.19. The first-order valence-electron chi connectivity index (χ1n) is 9.93. The van der Waals surface area contributed by atoms with Crippen molar-refractivity contribution in [1.82, 2.24) is 9.80 Å². The number of hydrogen-bond acceptors (Lipinski definition) is 4. The molecular formula is C22H27N3OS2. The van der Waals surface area contributed by atoms with Crippen molar-refractivity contribution in [3.05, 3.63) is 65.7 Å². The summed E-state index contributed by atoms with van der Waals surface area (Å²) in [6, 6.07) is 18.9. The van der Waals surface area contributed by atoms with Crippen LogP contribution in [0.1, 0.15) is 22.1 Å². The number of urea groups is 1. The molecule has 4 rings (SSSR count). The number of anilines is 1. The molecule has 2 saturated heterocycles. The van der Waals surface area contributed by atoms with Gasteiger partial charge in [0.25, 0.3) is 0 Å². The number of nitrogens with one attached hydrogen (secondary N) is 1. The first-order chi connectivity index (χ1) is 13.8. The van der Waals surface area contributed by atoms with Crippen LogP contribution < -0.4 is 5.32 Å². The second-order valence-corrected chi connectivity index (χ2v) is 9.96. The van der Waals surface area contributed by atoms with Gasteiger partial charge >= 0.3 is 6.03 Å². The van der Waals surface area contributed by atoms with Crippen LogP contribution in [0.5, 0.6) is 0 Å². The Morgan fingerprint density at radius 1 is 0.964 bits per heavy atom. The zero-order chi connectivity index (χ0) is 19.2. The third-order valence-electron chi connectivity index (χ3n) is 5.16. The SMILES string of the molecule is O=C(Nc1cccc(C2SCCS2)c1)N1CCCN(Cc2ccccc2)CC1. The zero-order valence-corrected chi connectivity index (χ0v) is 17.7. The molecule has 2 amide bonds. The summed E-state index contributed by atoms with van der Waals surface area (Å²) in [5.74, 6) is 2.42. The molecule has 28 heavy (non-hydrogen) atoms. The molecule has 2 aliphatic heterocycles. The van der Waals surface area contributed by atoms with E-state index in [1.165, 1.54) is 22.6 Å². The van der Waals surface area contributed by atoms with Crippen LogP contribution in [0.15, 0.2) is 54.6 Å². The van der Waals surface area contributed by atoms with Crippen molar-refractivity contribution in [2.75, 3.05) is 43.0 Å². The zero-order valence-electron chi connectivity index (χ0n) is 16.0. The van der Waals surface area contributed by atoms with E-state index in [1.54, 1.807) is 0 Å². The van der Waals surface area contributed by atoms with Gasteiger partial charge in [-0.15, -0.1) is 23.5 Å². The molecule has 2 aliphatic rings. The van der Waals surface area contributed by atoms with Crippen molar-refractivity contribution in [2.45, 2.75) is 17.5 Å². The van der Waals surface area contributed by atoms with Crippen molar-refractivity contribution >= 4 is 35.2 Å². The third-order valence-corrected chi connectivity index (χ3v) is 8.26. The number of hydrogen-bond donors (Lipinski definition) is 1. The Labute approximate surface area is 176 Å². The fourth-order valence-corrected chi connectivity index (χ4v) is 6.53. The maximum atomic E-state index is 12.8. The average Bonchev–Trinajstić information content (AvgIpc) is 3.16. The Kier molecular flexibility index (Phi) is 6.83. The highest BCUT2D eigenvalue weighted by Gasteiger charge is 2.21. The van der Waals surface area contributed by atoms with Crippen molar-refractivity contribution in [2.24, 2.45) is 0 Å². The smallest absolute Gasteiger partial charge is 0.321 e. The molecule has 148 valence electrons. The molecular weight excluding hydrogens is 386 g/mol. The molecule has 6 heteroatoms. The van der Waals surface area contributed by atoms with E-state index in [9.17, 15) is 4.79 Å². The number of benzene rings is 2. The quantitative estimate of drug-likeness (QED) is 0.773. The molecule has 2 aromatic carbocycles. The van der Waals surface area contributed by atoms with E-state index >= 15 is 0 Å². The van der Waals surface area contributed by atoms with E-state index in [0.717, 1.165) is 44.8 Å². The van der Waals surface area contributed by atoms with E-state index in [4.69, 9.17) is 0 Å². The molecule has 2 heterocycles. The molecule has 0 bridgehead atoms. The Morgan fingerprint density at radius 3 is 2.61 bits per heavy atom. The summed E-state index contributed by atoms with van der Waals surface area (Å²) < 4.78 is 0.501. The summed E-state index contributed by atoms with van der Waals surface area (Å²) in [4.78, 5) is 17.2. The second-order valence-electron chi connectivity index (χ2n) is 7.23. The van der Waals surface area contributed by atoms with Crippen LogP contribution >= 0.6 is 23.5 Å². The predicted molar refractivity (Wildman–Crippen MR) is 121 cm³/mol. The molecule has 0 atom stereocenters. The van der Waals surface area contributed by atoms with Gasteiger partial charge in [0.1, 0.15) is 0 Å². The lowest BCUT2D eigenvalue weighted by molar-refractivity contribution is 0.211. The second kappa shape index (κ2) is 9.72. The minimum atomic E-state index is 0.0189. The Hall–Kier alpha value is -1.63. The minimum Gasteiger partial charge on any atom is -0.323 e. The normalized spacial score (nSPS) is 18.8. The monoisotopic (exact) mass is 413 g/mol. The lowest BCUT2D eigenvalue weighted by Crippen LogP contribution is -2.38. The molecule has 0 radical (unpaired) electrons. The fourth-order valence-electron chi connectivity index (χ4n) is 3.69. The van der Waals surface area contributed by atoms with Gasteiger partial charge < -0.3 is 10.2 Å². The van der Waals surface area contributed by atoms with Gasteiger partial charge in [0.2, 0.25) is 0 Å². The Bertz CT molecular complexity index is 780. The maximum absolute atomic E-state index is 12.8. The summed E-state index contributed by atoms with van der Waals surface area (Å²) in [5.41, 5.74) is 3.54. The third kappa shape index (κ3) is 5.25. The summed E-state index contributed by atoms with van der Waals surface area (Å²) in [7, 11) is 0. The van der Waals surface area contributed by atoms with E-state index in [0.29, 0.717) is 4.58 Å². The molecule has 0 unspecified atom stereocenters. The van der Waals surface area contributed by atoms with Gasteiger partial charge in [-0.1, -0.05) is 42.5 Å². The number of nitrogens with zero attached hydrogens (tertiary/aromatic N) is 2. The van der Waals surface area contributed by atoms with Crippen LogP contribution in [0.3, 0.4) is 0 Å². The van der Waals surface area contributed by atoms with Gasteiger partial charge in [-0.25, -0.2) is 4.79 Å². The summed E-state index contributed by atoms with van der Waals surface area (Å²) >= 11 is 3.98. The maximum Gasteiger partial charge on any atom is 0.321 e. The molecule has 0 aromatic heterocycles. The highest BCUT2D eigenvalue weighted by Crippen LogP contribution is 2.45. The van der Waals surface area contributed by atoms with Crippen molar-refractivity contribution in [3.63, 3.8) is 0 Å². The topological polar surface area (TPSA) is 35.6 Å². The fraction of sp³-hybridized carbons (Fsp3) is 0.409. The number of thioether (sulfide) groups is 2. The van der Waals surface area contributed by atoms with Crippen LogP contribution in [0.4, 0.5) is 10.5 Å². The Balaban J connectivity index is 1.32. The van der Waals surface area contributed by atoms with Gasteiger partial charge in [0.15, 0.2) is 0 Å². The molecule has 0 spiro atoms. The molecule has 2 fully saturated rings. The molecule has 4 nitrogen and oxygen atoms in total. The van der Waals surface area contributed by atoms with Crippen molar-refractivity contribution in [1.29, 1.82) is 0 Å². The van der Waals surface area contributed by atoms with Crippen LogP contribution in [0.25, 0.3) is 0 Å². The molecule has 0 saturated carbocycles. The first kappa shape index (κ1) is 19.7. The van der Waals surface area contributed by atoms with Crippen LogP contribution in [0, 0.1) is 0 Å². The van der Waals surface area contributed by atoms with Crippen LogP contribution in [-0.2, 0) is 6.54 Å². The van der Waals surface area contributed by atoms with E-state index in [-0.39, 0.29) is 6.03 Å². The van der Waals surface area contributed by atoms with E-state index in [1.807, 2.05) is 34.5 Å². The summed E-state index contributed by atoms with van der Waals surface area (Å²) in [6.45, 7) is 4.48. The molecule has 1 N–H and O–H groups in total. The number of carbonyl (C=O) groups excluding carboxylic acids is 1. The molecule has 0 aliphatic carbocycles. The minimum absolute atomic E-state index is 0.0189. The van der Waals surface area contributed by atoms with Crippen molar-refractivity contribution in [3.8, 4) is 0 Å². The first-order valence-corrected chi connectivity index (χ1v) is 12.0. The van der Waals surface area contributed by atoms with Crippen LogP contribution in [0.2, 0.25) is 0 Å². The number of rotatable bonds is 4. The predicted octanol–water partition coefficient (Wildman–Crippen LogP) is 4.91. The summed E-state index contributed by atoms with van der Waals surface area (Å²) in [5, 5.41) is 3.12. The largest absolute Gasteiger partial charge is 0.323 e. The lowest BCUT2D eigenvalue weighted by atomic mass is 10.2.